The zero-order valence-electron chi connectivity index (χ0n) is 12.6. The molecule has 2 N–H and O–H groups in total. The van der Waals surface area contributed by atoms with Gasteiger partial charge in [-0.05, 0) is 12.8 Å². The first-order chi connectivity index (χ1) is 9.46. The monoisotopic (exact) mass is 281 g/mol. The van der Waals surface area contributed by atoms with Gasteiger partial charge in [-0.3, -0.25) is 9.59 Å². The molecule has 1 unspecified atom stereocenters. The van der Waals surface area contributed by atoms with E-state index in [0.29, 0.717) is 5.82 Å². The van der Waals surface area contributed by atoms with Gasteiger partial charge < -0.3 is 15.0 Å². The lowest BCUT2D eigenvalue weighted by Crippen LogP contribution is -2.38. The standard InChI is InChI=1S/C14H23N3O3/c1-5-7-14(3,6-2)13(19)16-9-11-15-8-10(20-4)12(18)17-11/h8H,5-7,9H2,1-4H3,(H,16,19)(H,15,17,18). The van der Waals surface area contributed by atoms with Crippen molar-refractivity contribution in [1.29, 1.82) is 0 Å². The summed E-state index contributed by atoms with van der Waals surface area (Å²) in [7, 11) is 1.41. The number of ether oxygens (including phenoxy) is 1. The fraction of sp³-hybridized carbons (Fsp3) is 0.643. The predicted molar refractivity (Wildman–Crippen MR) is 76.6 cm³/mol. The molecular formula is C14H23N3O3. The maximum Gasteiger partial charge on any atom is 0.293 e. The Morgan fingerprint density at radius 1 is 1.50 bits per heavy atom. The van der Waals surface area contributed by atoms with Gasteiger partial charge in [0.2, 0.25) is 11.7 Å². The summed E-state index contributed by atoms with van der Waals surface area (Å²) >= 11 is 0. The Morgan fingerprint density at radius 3 is 2.70 bits per heavy atom. The zero-order chi connectivity index (χ0) is 15.2. The van der Waals surface area contributed by atoms with Gasteiger partial charge in [-0.15, -0.1) is 0 Å². The van der Waals surface area contributed by atoms with Crippen molar-refractivity contribution in [2.24, 2.45) is 5.41 Å². The number of rotatable bonds is 7. The molecule has 0 saturated heterocycles. The lowest BCUT2D eigenvalue weighted by atomic mass is 9.82. The van der Waals surface area contributed by atoms with Gasteiger partial charge in [0.15, 0.2) is 0 Å². The van der Waals surface area contributed by atoms with E-state index in [0.717, 1.165) is 19.3 Å². The number of methoxy groups -OCH3 is 1. The molecule has 0 aliphatic heterocycles. The fourth-order valence-electron chi connectivity index (χ4n) is 2.04. The summed E-state index contributed by atoms with van der Waals surface area (Å²) in [6.45, 7) is 6.22. The van der Waals surface area contributed by atoms with Gasteiger partial charge in [0.1, 0.15) is 5.82 Å². The van der Waals surface area contributed by atoms with E-state index in [1.807, 2.05) is 13.8 Å². The van der Waals surface area contributed by atoms with Crippen molar-refractivity contribution < 1.29 is 9.53 Å². The lowest BCUT2D eigenvalue weighted by Gasteiger charge is -2.26. The minimum atomic E-state index is -0.373. The minimum Gasteiger partial charge on any atom is -0.490 e. The van der Waals surface area contributed by atoms with Crippen LogP contribution in [0.4, 0.5) is 0 Å². The van der Waals surface area contributed by atoms with Crippen LogP contribution in [0, 0.1) is 5.41 Å². The molecule has 1 amide bonds. The van der Waals surface area contributed by atoms with E-state index < -0.39 is 0 Å². The second kappa shape index (κ2) is 7.07. The highest BCUT2D eigenvalue weighted by atomic mass is 16.5. The average molecular weight is 281 g/mol. The van der Waals surface area contributed by atoms with E-state index in [1.165, 1.54) is 13.3 Å². The molecule has 1 heterocycles. The third-order valence-electron chi connectivity index (χ3n) is 3.59. The molecule has 1 aromatic rings. The highest BCUT2D eigenvalue weighted by Gasteiger charge is 2.29. The van der Waals surface area contributed by atoms with E-state index in [-0.39, 0.29) is 29.2 Å². The minimum absolute atomic E-state index is 0.0136. The maximum atomic E-state index is 12.2. The number of carbonyl (C=O) groups is 1. The third-order valence-corrected chi connectivity index (χ3v) is 3.59. The summed E-state index contributed by atoms with van der Waals surface area (Å²) in [6.07, 6.45) is 3.92. The van der Waals surface area contributed by atoms with Crippen molar-refractivity contribution in [3.63, 3.8) is 0 Å². The van der Waals surface area contributed by atoms with Gasteiger partial charge in [0.05, 0.1) is 19.9 Å². The van der Waals surface area contributed by atoms with Crippen LogP contribution in [0.3, 0.4) is 0 Å². The maximum absolute atomic E-state index is 12.2. The van der Waals surface area contributed by atoms with Gasteiger partial charge in [-0.25, -0.2) is 4.98 Å². The van der Waals surface area contributed by atoms with Crippen LogP contribution in [0.15, 0.2) is 11.0 Å². The molecule has 0 saturated carbocycles. The molecule has 1 atom stereocenters. The number of nitrogens with one attached hydrogen (secondary N) is 2. The van der Waals surface area contributed by atoms with Crippen LogP contribution in [-0.2, 0) is 11.3 Å². The second-order valence-electron chi connectivity index (χ2n) is 5.07. The van der Waals surface area contributed by atoms with Gasteiger partial charge in [-0.1, -0.05) is 27.2 Å². The van der Waals surface area contributed by atoms with Crippen molar-refractivity contribution >= 4 is 5.91 Å². The Hall–Kier alpha value is -1.85. The predicted octanol–water partition coefficient (Wildman–Crippen LogP) is 1.61. The Morgan fingerprint density at radius 2 is 2.20 bits per heavy atom. The molecule has 0 fully saturated rings. The third kappa shape index (κ3) is 3.82. The zero-order valence-corrected chi connectivity index (χ0v) is 12.6. The molecule has 0 aliphatic carbocycles. The normalized spacial score (nSPS) is 13.6. The number of nitrogens with zero attached hydrogens (tertiary/aromatic N) is 1. The molecule has 0 radical (unpaired) electrons. The fourth-order valence-corrected chi connectivity index (χ4v) is 2.04. The van der Waals surface area contributed by atoms with E-state index in [9.17, 15) is 9.59 Å². The first-order valence-corrected chi connectivity index (χ1v) is 6.87. The first kappa shape index (κ1) is 16.2. The van der Waals surface area contributed by atoms with E-state index in [1.54, 1.807) is 0 Å². The summed E-state index contributed by atoms with van der Waals surface area (Å²) in [5.74, 6) is 0.559. The van der Waals surface area contributed by atoms with Crippen molar-refractivity contribution in [2.75, 3.05) is 7.11 Å². The van der Waals surface area contributed by atoms with Gasteiger partial charge >= 0.3 is 0 Å². The number of aromatic nitrogens is 2. The van der Waals surface area contributed by atoms with Gasteiger partial charge in [0.25, 0.3) is 5.56 Å². The second-order valence-corrected chi connectivity index (χ2v) is 5.07. The van der Waals surface area contributed by atoms with Crippen molar-refractivity contribution in [2.45, 2.75) is 46.6 Å². The van der Waals surface area contributed by atoms with Crippen LogP contribution in [0.5, 0.6) is 5.75 Å². The highest BCUT2D eigenvalue weighted by Crippen LogP contribution is 2.27. The number of amides is 1. The molecule has 0 bridgehead atoms. The lowest BCUT2D eigenvalue weighted by molar-refractivity contribution is -0.131. The Balaban J connectivity index is 2.69. The molecule has 6 nitrogen and oxygen atoms in total. The van der Waals surface area contributed by atoms with Crippen LogP contribution in [0.1, 0.15) is 45.9 Å². The summed E-state index contributed by atoms with van der Waals surface area (Å²) in [6, 6.07) is 0. The molecule has 112 valence electrons. The summed E-state index contributed by atoms with van der Waals surface area (Å²) in [5, 5.41) is 2.83. The Kier molecular flexibility index (Phi) is 5.73. The topological polar surface area (TPSA) is 84.1 Å². The summed E-state index contributed by atoms with van der Waals surface area (Å²) in [5.41, 5.74) is -0.722. The number of aromatic amines is 1. The number of hydrogen-bond donors (Lipinski definition) is 2. The Labute approximate surface area is 119 Å². The molecule has 20 heavy (non-hydrogen) atoms. The molecule has 1 aromatic heterocycles. The van der Waals surface area contributed by atoms with Gasteiger partial charge in [0, 0.05) is 5.41 Å². The van der Waals surface area contributed by atoms with Crippen LogP contribution in [0.25, 0.3) is 0 Å². The van der Waals surface area contributed by atoms with E-state index in [4.69, 9.17) is 4.74 Å². The largest absolute Gasteiger partial charge is 0.490 e. The molecular weight excluding hydrogens is 258 g/mol. The Bertz CT molecular complexity index is 513. The van der Waals surface area contributed by atoms with Crippen molar-refractivity contribution in [3.8, 4) is 5.75 Å². The van der Waals surface area contributed by atoms with Gasteiger partial charge in [-0.2, -0.15) is 0 Å². The average Bonchev–Trinajstić information content (AvgIpc) is 2.45. The smallest absolute Gasteiger partial charge is 0.293 e. The number of H-pyrrole nitrogens is 1. The molecule has 0 aliphatic rings. The van der Waals surface area contributed by atoms with Crippen LogP contribution >= 0.6 is 0 Å². The first-order valence-electron chi connectivity index (χ1n) is 6.87. The molecule has 0 spiro atoms. The molecule has 1 rings (SSSR count). The highest BCUT2D eigenvalue weighted by molar-refractivity contribution is 5.82. The quantitative estimate of drug-likeness (QED) is 0.795. The van der Waals surface area contributed by atoms with E-state index in [2.05, 4.69) is 22.2 Å². The summed E-state index contributed by atoms with van der Waals surface area (Å²) in [4.78, 5) is 30.4. The number of hydrogen-bond acceptors (Lipinski definition) is 4. The van der Waals surface area contributed by atoms with Crippen molar-refractivity contribution in [3.05, 3.63) is 22.4 Å². The number of carbonyl (C=O) groups excluding carboxylic acids is 1. The van der Waals surface area contributed by atoms with Crippen molar-refractivity contribution in [1.82, 2.24) is 15.3 Å². The summed E-state index contributed by atoms with van der Waals surface area (Å²) < 4.78 is 4.84. The van der Waals surface area contributed by atoms with Crippen LogP contribution in [0.2, 0.25) is 0 Å². The molecule has 6 heteroatoms. The SMILES string of the molecule is CCCC(C)(CC)C(=O)NCc1ncc(OC)c(=O)[nH]1. The van der Waals surface area contributed by atoms with Crippen LogP contribution in [-0.4, -0.2) is 23.0 Å². The molecule has 0 aromatic carbocycles. The van der Waals surface area contributed by atoms with E-state index >= 15 is 0 Å². The van der Waals surface area contributed by atoms with Crippen LogP contribution < -0.4 is 15.6 Å².